The van der Waals surface area contributed by atoms with Crippen LogP contribution in [-0.2, 0) is 6.54 Å². The van der Waals surface area contributed by atoms with E-state index in [1.54, 1.807) is 0 Å². The Morgan fingerprint density at radius 2 is 1.91 bits per heavy atom. The van der Waals surface area contributed by atoms with Crippen LogP contribution in [0, 0.1) is 18.3 Å². The molecule has 0 spiro atoms. The normalized spacial score (nSPS) is 16.1. The lowest BCUT2D eigenvalue weighted by molar-refractivity contribution is 0.598. The van der Waals surface area contributed by atoms with Crippen molar-refractivity contribution in [3.63, 3.8) is 0 Å². The number of hydrogen-bond acceptors (Lipinski definition) is 4. The van der Waals surface area contributed by atoms with Crippen LogP contribution in [0.3, 0.4) is 0 Å². The first kappa shape index (κ1) is 13.7. The topological polar surface area (TPSA) is 66.5 Å². The van der Waals surface area contributed by atoms with Crippen molar-refractivity contribution in [3.8, 4) is 11.8 Å². The third-order valence-corrected chi connectivity index (χ3v) is 4.22. The summed E-state index contributed by atoms with van der Waals surface area (Å²) in [6, 6.07) is 18.2. The zero-order valence-electron chi connectivity index (χ0n) is 12.7. The molecule has 1 aromatic heterocycles. The third-order valence-electron chi connectivity index (χ3n) is 4.22. The summed E-state index contributed by atoms with van der Waals surface area (Å²) in [5, 5.41) is 21.0. The molecule has 0 saturated heterocycles. The minimum Gasteiger partial charge on any atom is -0.299 e. The van der Waals surface area contributed by atoms with Gasteiger partial charge in [0.25, 0.3) is 0 Å². The van der Waals surface area contributed by atoms with Crippen molar-refractivity contribution in [2.75, 3.05) is 0 Å². The van der Waals surface area contributed by atoms with E-state index < -0.39 is 0 Å². The van der Waals surface area contributed by atoms with Crippen LogP contribution in [0.2, 0.25) is 0 Å². The van der Waals surface area contributed by atoms with Crippen LogP contribution in [0.1, 0.15) is 34.4 Å². The highest BCUT2D eigenvalue weighted by molar-refractivity contribution is 5.49. The van der Waals surface area contributed by atoms with E-state index in [0.717, 1.165) is 22.9 Å². The maximum atomic E-state index is 8.98. The molecule has 1 aliphatic heterocycles. The number of nitrogens with one attached hydrogen (secondary N) is 1. The van der Waals surface area contributed by atoms with Crippen molar-refractivity contribution in [3.05, 3.63) is 76.9 Å². The monoisotopic (exact) mass is 301 g/mol. The average Bonchev–Trinajstić information content (AvgIpc) is 2.88. The van der Waals surface area contributed by atoms with E-state index in [2.05, 4.69) is 38.3 Å². The second-order valence-corrected chi connectivity index (χ2v) is 5.61. The van der Waals surface area contributed by atoms with Gasteiger partial charge in [0, 0.05) is 0 Å². The Balaban J connectivity index is 1.87. The molecule has 0 amide bonds. The van der Waals surface area contributed by atoms with E-state index in [1.165, 1.54) is 5.56 Å². The molecule has 0 bridgehead atoms. The largest absolute Gasteiger partial charge is 0.299 e. The minimum absolute atomic E-state index is 0.0556. The van der Waals surface area contributed by atoms with Gasteiger partial charge < -0.3 is 0 Å². The van der Waals surface area contributed by atoms with Gasteiger partial charge in [-0.25, -0.2) is 0 Å². The predicted molar refractivity (Wildman–Crippen MR) is 85.9 cm³/mol. The lowest BCUT2D eigenvalue weighted by atomic mass is 9.96. The summed E-state index contributed by atoms with van der Waals surface area (Å²) in [4.78, 5) is 0. The molecule has 23 heavy (non-hydrogen) atoms. The zero-order valence-corrected chi connectivity index (χ0v) is 12.7. The number of nitrogens with zero attached hydrogens (tertiary/aromatic N) is 4. The Morgan fingerprint density at radius 1 is 1.13 bits per heavy atom. The van der Waals surface area contributed by atoms with Crippen LogP contribution < -0.4 is 5.32 Å². The van der Waals surface area contributed by atoms with Crippen LogP contribution in [0.5, 0.6) is 0 Å². The summed E-state index contributed by atoms with van der Waals surface area (Å²) in [6.45, 7) is 2.61. The minimum atomic E-state index is 0.0556. The summed E-state index contributed by atoms with van der Waals surface area (Å²) in [6.07, 6.45) is 0. The van der Waals surface area contributed by atoms with E-state index in [1.807, 2.05) is 43.3 Å². The SMILES string of the molecule is Cc1nnc2n1-c1ccccc1C(c1ccc(C#N)cc1)NC2. The molecule has 112 valence electrons. The molecule has 3 aromatic rings. The number of rotatable bonds is 1. The van der Waals surface area contributed by atoms with E-state index >= 15 is 0 Å². The fraction of sp³-hybridized carbons (Fsp3) is 0.167. The Kier molecular flexibility index (Phi) is 3.18. The van der Waals surface area contributed by atoms with Crippen molar-refractivity contribution in [2.24, 2.45) is 0 Å². The van der Waals surface area contributed by atoms with Crippen LogP contribution in [0.15, 0.2) is 48.5 Å². The van der Waals surface area contributed by atoms with Crippen molar-refractivity contribution in [1.29, 1.82) is 5.26 Å². The van der Waals surface area contributed by atoms with Gasteiger partial charge >= 0.3 is 0 Å². The van der Waals surface area contributed by atoms with Gasteiger partial charge in [-0.15, -0.1) is 10.2 Å². The van der Waals surface area contributed by atoms with Gasteiger partial charge in [-0.2, -0.15) is 5.26 Å². The maximum Gasteiger partial charge on any atom is 0.151 e. The zero-order chi connectivity index (χ0) is 15.8. The highest BCUT2D eigenvalue weighted by Crippen LogP contribution is 2.31. The molecule has 0 saturated carbocycles. The smallest absolute Gasteiger partial charge is 0.151 e. The number of fused-ring (bicyclic) bond motifs is 3. The van der Waals surface area contributed by atoms with Gasteiger partial charge in [0.2, 0.25) is 0 Å². The number of para-hydroxylation sites is 1. The Bertz CT molecular complexity index is 902. The molecule has 1 aliphatic rings. The van der Waals surface area contributed by atoms with Crippen LogP contribution in [0.4, 0.5) is 0 Å². The van der Waals surface area contributed by atoms with Crippen LogP contribution in [0.25, 0.3) is 5.69 Å². The molecule has 0 fully saturated rings. The van der Waals surface area contributed by atoms with Gasteiger partial charge in [0.05, 0.1) is 29.9 Å². The number of hydrogen-bond donors (Lipinski definition) is 1. The molecule has 5 heteroatoms. The number of aryl methyl sites for hydroxylation is 1. The lowest BCUT2D eigenvalue weighted by Gasteiger charge is -2.19. The van der Waals surface area contributed by atoms with E-state index in [4.69, 9.17) is 5.26 Å². The van der Waals surface area contributed by atoms with Gasteiger partial charge in [0.15, 0.2) is 5.82 Å². The first-order valence-electron chi connectivity index (χ1n) is 7.51. The summed E-state index contributed by atoms with van der Waals surface area (Å²) in [5.41, 5.74) is 4.08. The number of benzene rings is 2. The Morgan fingerprint density at radius 3 is 2.70 bits per heavy atom. The molecule has 5 nitrogen and oxygen atoms in total. The molecule has 4 rings (SSSR count). The molecular weight excluding hydrogens is 286 g/mol. The van der Waals surface area contributed by atoms with Gasteiger partial charge in [-0.1, -0.05) is 30.3 Å². The van der Waals surface area contributed by atoms with Gasteiger partial charge in [-0.3, -0.25) is 9.88 Å². The summed E-state index contributed by atoms with van der Waals surface area (Å²) >= 11 is 0. The Hall–Kier alpha value is -2.97. The first-order valence-corrected chi connectivity index (χ1v) is 7.51. The molecule has 1 unspecified atom stereocenters. The molecular formula is C18H15N5. The summed E-state index contributed by atoms with van der Waals surface area (Å²) < 4.78 is 2.10. The van der Waals surface area contributed by atoms with E-state index in [0.29, 0.717) is 12.1 Å². The molecule has 0 aliphatic carbocycles. The van der Waals surface area contributed by atoms with Gasteiger partial charge in [-0.05, 0) is 36.2 Å². The number of aromatic nitrogens is 3. The van der Waals surface area contributed by atoms with Crippen LogP contribution in [-0.4, -0.2) is 14.8 Å². The van der Waals surface area contributed by atoms with Crippen LogP contribution >= 0.6 is 0 Å². The second-order valence-electron chi connectivity index (χ2n) is 5.61. The number of nitriles is 1. The quantitative estimate of drug-likeness (QED) is 0.750. The van der Waals surface area contributed by atoms with E-state index in [-0.39, 0.29) is 6.04 Å². The van der Waals surface area contributed by atoms with Gasteiger partial charge in [0.1, 0.15) is 5.82 Å². The van der Waals surface area contributed by atoms with E-state index in [9.17, 15) is 0 Å². The summed E-state index contributed by atoms with van der Waals surface area (Å²) in [7, 11) is 0. The lowest BCUT2D eigenvalue weighted by Crippen LogP contribution is -2.21. The molecule has 0 radical (unpaired) electrons. The third kappa shape index (κ3) is 2.20. The van der Waals surface area contributed by atoms with Crippen molar-refractivity contribution < 1.29 is 0 Å². The fourth-order valence-electron chi connectivity index (χ4n) is 3.12. The highest BCUT2D eigenvalue weighted by Gasteiger charge is 2.24. The summed E-state index contributed by atoms with van der Waals surface area (Å²) in [5.74, 6) is 1.79. The van der Waals surface area contributed by atoms with Crippen molar-refractivity contribution in [2.45, 2.75) is 19.5 Å². The first-order chi connectivity index (χ1) is 11.3. The fourth-order valence-corrected chi connectivity index (χ4v) is 3.12. The second kappa shape index (κ2) is 5.34. The predicted octanol–water partition coefficient (Wildman–Crippen LogP) is 2.64. The highest BCUT2D eigenvalue weighted by atomic mass is 15.3. The standard InChI is InChI=1S/C18H15N5/c1-12-21-22-17-11-20-18(14-8-6-13(10-19)7-9-14)15-4-2-3-5-16(15)23(12)17/h2-9,18,20H,11H2,1H3. The Labute approximate surface area is 134 Å². The van der Waals surface area contributed by atoms with Crippen molar-refractivity contribution in [1.82, 2.24) is 20.1 Å². The molecule has 1 N–H and O–H groups in total. The molecule has 1 atom stereocenters. The van der Waals surface area contributed by atoms with Crippen molar-refractivity contribution >= 4 is 0 Å². The molecule has 2 aromatic carbocycles. The average molecular weight is 301 g/mol. The molecule has 2 heterocycles. The maximum absolute atomic E-state index is 8.98.